The molecule has 0 spiro atoms. The smallest absolute Gasteiger partial charge is 0.299 e. The molecule has 0 fully saturated rings. The predicted molar refractivity (Wildman–Crippen MR) is 97.0 cm³/mol. The lowest BCUT2D eigenvalue weighted by atomic mass is 10.2. The minimum atomic E-state index is -0.805. The van der Waals surface area contributed by atoms with Crippen LogP contribution in [0.1, 0.15) is 5.56 Å². The van der Waals surface area contributed by atoms with Gasteiger partial charge in [-0.2, -0.15) is 0 Å². The first-order valence-corrected chi connectivity index (χ1v) is 7.49. The van der Waals surface area contributed by atoms with E-state index in [0.29, 0.717) is 17.1 Å². The van der Waals surface area contributed by atoms with E-state index in [1.165, 1.54) is 26.4 Å². The van der Waals surface area contributed by atoms with E-state index in [2.05, 4.69) is 5.32 Å². The van der Waals surface area contributed by atoms with Crippen LogP contribution in [-0.2, 0) is 4.79 Å². The number of carbonyl (C=O) groups is 1. The number of anilines is 1. The maximum Gasteiger partial charge on any atom is 0.299 e. The van der Waals surface area contributed by atoms with Crippen LogP contribution in [0.3, 0.4) is 0 Å². The summed E-state index contributed by atoms with van der Waals surface area (Å²) >= 11 is 0. The Balaban J connectivity index is 2.19. The molecular formula is C17H15N3O7. The van der Waals surface area contributed by atoms with Crippen molar-refractivity contribution in [2.45, 2.75) is 0 Å². The molecule has 0 bridgehead atoms. The second-order valence-electron chi connectivity index (χ2n) is 5.15. The molecule has 1 N–H and O–H groups in total. The Hall–Kier alpha value is -3.95. The summed E-state index contributed by atoms with van der Waals surface area (Å²) in [6, 6.07) is 7.97. The largest absolute Gasteiger partial charge is 0.493 e. The molecule has 140 valence electrons. The fraction of sp³-hybridized carbons (Fsp3) is 0.118. The Morgan fingerprint density at radius 3 is 2.30 bits per heavy atom. The lowest BCUT2D eigenvalue weighted by molar-refractivity contribution is -0.393. The van der Waals surface area contributed by atoms with E-state index in [4.69, 9.17) is 9.47 Å². The van der Waals surface area contributed by atoms with Crippen LogP contribution in [-0.4, -0.2) is 30.0 Å². The third kappa shape index (κ3) is 4.78. The first-order valence-electron chi connectivity index (χ1n) is 7.49. The van der Waals surface area contributed by atoms with E-state index in [9.17, 15) is 25.0 Å². The average Bonchev–Trinajstić information content (AvgIpc) is 2.65. The Labute approximate surface area is 153 Å². The van der Waals surface area contributed by atoms with Crippen molar-refractivity contribution in [1.82, 2.24) is 0 Å². The van der Waals surface area contributed by atoms with Gasteiger partial charge in [0, 0.05) is 12.1 Å². The highest BCUT2D eigenvalue weighted by molar-refractivity contribution is 6.03. The van der Waals surface area contributed by atoms with Crippen LogP contribution in [0.15, 0.2) is 42.5 Å². The van der Waals surface area contributed by atoms with Crippen molar-refractivity contribution in [2.75, 3.05) is 19.5 Å². The molecular weight excluding hydrogens is 358 g/mol. The van der Waals surface area contributed by atoms with Gasteiger partial charge in [0.05, 0.1) is 30.1 Å². The van der Waals surface area contributed by atoms with Gasteiger partial charge in [0.2, 0.25) is 5.91 Å². The number of nitro groups is 2. The summed E-state index contributed by atoms with van der Waals surface area (Å²) in [6.45, 7) is 0. The summed E-state index contributed by atoms with van der Waals surface area (Å²) in [5.41, 5.74) is -0.522. The summed E-state index contributed by atoms with van der Waals surface area (Å²) in [4.78, 5) is 32.3. The van der Waals surface area contributed by atoms with E-state index < -0.39 is 27.1 Å². The van der Waals surface area contributed by atoms with E-state index in [1.54, 1.807) is 18.2 Å². The van der Waals surface area contributed by atoms with Crippen LogP contribution in [0, 0.1) is 20.2 Å². The van der Waals surface area contributed by atoms with Crippen LogP contribution in [0.4, 0.5) is 17.1 Å². The van der Waals surface area contributed by atoms with Crippen molar-refractivity contribution in [3.8, 4) is 11.5 Å². The van der Waals surface area contributed by atoms with Gasteiger partial charge >= 0.3 is 0 Å². The molecule has 0 saturated carbocycles. The SMILES string of the molecule is COc1ccc(C=CC(=O)Nc2ccc([N+](=O)[O-])cc2[N+](=O)[O-])cc1OC. The third-order valence-corrected chi connectivity index (χ3v) is 3.48. The van der Waals surface area contributed by atoms with Crippen LogP contribution < -0.4 is 14.8 Å². The van der Waals surface area contributed by atoms with E-state index in [1.807, 2.05) is 0 Å². The summed E-state index contributed by atoms with van der Waals surface area (Å²) in [5.74, 6) is 0.369. The van der Waals surface area contributed by atoms with Crippen molar-refractivity contribution in [2.24, 2.45) is 0 Å². The Morgan fingerprint density at radius 2 is 1.70 bits per heavy atom. The minimum absolute atomic E-state index is 0.146. The number of methoxy groups -OCH3 is 2. The molecule has 0 heterocycles. The monoisotopic (exact) mass is 373 g/mol. The number of ether oxygens (including phenoxy) is 2. The Kier molecular flexibility index (Phi) is 6.05. The highest BCUT2D eigenvalue weighted by Crippen LogP contribution is 2.29. The number of benzene rings is 2. The molecule has 10 nitrogen and oxygen atoms in total. The first-order chi connectivity index (χ1) is 12.8. The Bertz CT molecular complexity index is 925. The van der Waals surface area contributed by atoms with E-state index in [-0.39, 0.29) is 5.69 Å². The van der Waals surface area contributed by atoms with Crippen molar-refractivity contribution in [3.05, 3.63) is 68.3 Å². The highest BCUT2D eigenvalue weighted by atomic mass is 16.6. The molecule has 0 unspecified atom stereocenters. The Morgan fingerprint density at radius 1 is 1.00 bits per heavy atom. The molecule has 2 aromatic rings. The maximum atomic E-state index is 12.0. The fourth-order valence-corrected chi connectivity index (χ4v) is 2.19. The number of non-ortho nitro benzene ring substituents is 1. The normalized spacial score (nSPS) is 10.4. The summed E-state index contributed by atoms with van der Waals surface area (Å²) in [5, 5.41) is 24.1. The zero-order chi connectivity index (χ0) is 20.0. The molecule has 27 heavy (non-hydrogen) atoms. The van der Waals surface area contributed by atoms with Crippen molar-refractivity contribution in [1.29, 1.82) is 0 Å². The number of hydrogen-bond donors (Lipinski definition) is 1. The zero-order valence-electron chi connectivity index (χ0n) is 14.4. The fourth-order valence-electron chi connectivity index (χ4n) is 2.19. The molecule has 0 aromatic heterocycles. The molecule has 0 radical (unpaired) electrons. The number of rotatable bonds is 7. The highest BCUT2D eigenvalue weighted by Gasteiger charge is 2.20. The topological polar surface area (TPSA) is 134 Å². The molecule has 1 amide bonds. The molecule has 0 aliphatic rings. The second kappa shape index (κ2) is 8.43. The van der Waals surface area contributed by atoms with Gasteiger partial charge in [0.25, 0.3) is 11.4 Å². The van der Waals surface area contributed by atoms with Gasteiger partial charge in [0.1, 0.15) is 5.69 Å². The number of nitrogens with zero attached hydrogens (tertiary/aromatic N) is 2. The third-order valence-electron chi connectivity index (χ3n) is 3.48. The zero-order valence-corrected chi connectivity index (χ0v) is 14.4. The van der Waals surface area contributed by atoms with E-state index >= 15 is 0 Å². The lowest BCUT2D eigenvalue weighted by Crippen LogP contribution is -2.09. The van der Waals surface area contributed by atoms with E-state index in [0.717, 1.165) is 18.2 Å². The number of nitro benzene ring substituents is 2. The van der Waals surface area contributed by atoms with Gasteiger partial charge in [-0.05, 0) is 29.8 Å². The molecule has 0 aliphatic carbocycles. The van der Waals surface area contributed by atoms with Crippen LogP contribution in [0.2, 0.25) is 0 Å². The number of carbonyl (C=O) groups excluding carboxylic acids is 1. The molecule has 2 aromatic carbocycles. The van der Waals surface area contributed by atoms with Crippen molar-refractivity contribution in [3.63, 3.8) is 0 Å². The summed E-state index contributed by atoms with van der Waals surface area (Å²) in [6.07, 6.45) is 2.65. The molecule has 2 rings (SSSR count). The lowest BCUT2D eigenvalue weighted by Gasteiger charge is -2.07. The number of amides is 1. The van der Waals surface area contributed by atoms with Crippen LogP contribution in [0.25, 0.3) is 6.08 Å². The maximum absolute atomic E-state index is 12.0. The van der Waals surface area contributed by atoms with Gasteiger partial charge < -0.3 is 14.8 Å². The van der Waals surface area contributed by atoms with Crippen LogP contribution in [0.5, 0.6) is 11.5 Å². The van der Waals surface area contributed by atoms with Gasteiger partial charge in [-0.25, -0.2) is 0 Å². The van der Waals surface area contributed by atoms with Gasteiger partial charge in [0.15, 0.2) is 11.5 Å². The van der Waals surface area contributed by atoms with Gasteiger partial charge in [-0.3, -0.25) is 25.0 Å². The quantitative estimate of drug-likeness (QED) is 0.447. The van der Waals surface area contributed by atoms with Gasteiger partial charge in [-0.15, -0.1) is 0 Å². The van der Waals surface area contributed by atoms with Crippen LogP contribution >= 0.6 is 0 Å². The number of nitrogens with one attached hydrogen (secondary N) is 1. The summed E-state index contributed by atoms with van der Waals surface area (Å²) in [7, 11) is 2.98. The standard InChI is InChI=1S/C17H15N3O7/c1-26-15-7-3-11(9-16(15)27-2)4-8-17(21)18-13-6-5-12(19(22)23)10-14(13)20(24)25/h3-10H,1-2H3,(H,18,21). The van der Waals surface area contributed by atoms with Gasteiger partial charge in [-0.1, -0.05) is 6.07 Å². The summed E-state index contributed by atoms with van der Waals surface area (Å²) < 4.78 is 10.3. The molecule has 0 atom stereocenters. The first kappa shape index (κ1) is 19.4. The average molecular weight is 373 g/mol. The molecule has 10 heteroatoms. The molecule has 0 aliphatic heterocycles. The molecule has 0 saturated heterocycles. The van der Waals surface area contributed by atoms with Crippen molar-refractivity contribution >= 4 is 29.0 Å². The van der Waals surface area contributed by atoms with Crippen molar-refractivity contribution < 1.29 is 24.1 Å². The second-order valence-corrected chi connectivity index (χ2v) is 5.15. The minimum Gasteiger partial charge on any atom is -0.493 e. The number of hydrogen-bond acceptors (Lipinski definition) is 7. The predicted octanol–water partition coefficient (Wildman–Crippen LogP) is 3.17.